The number of anilines is 1. The van der Waals surface area contributed by atoms with Crippen LogP contribution >= 0.6 is 0 Å². The second-order valence-electron chi connectivity index (χ2n) is 4.12. The fraction of sp³-hybridized carbons (Fsp3) is 0.400. The van der Waals surface area contributed by atoms with Gasteiger partial charge in [0, 0.05) is 21.1 Å². The van der Waals surface area contributed by atoms with Crippen LogP contribution in [0.5, 0.6) is 0 Å². The number of aliphatic carboxylic acids is 1. The second kappa shape index (κ2) is 4.26. The highest BCUT2D eigenvalue weighted by molar-refractivity contribution is 5.76. The molecular formula is C10H13N5O4. The van der Waals surface area contributed by atoms with Crippen molar-refractivity contribution in [1.29, 1.82) is 0 Å². The van der Waals surface area contributed by atoms with Gasteiger partial charge in [-0.3, -0.25) is 18.7 Å². The van der Waals surface area contributed by atoms with Crippen molar-refractivity contribution in [2.75, 3.05) is 11.9 Å². The Labute approximate surface area is 106 Å². The van der Waals surface area contributed by atoms with Gasteiger partial charge in [-0.15, -0.1) is 0 Å². The van der Waals surface area contributed by atoms with Crippen molar-refractivity contribution in [3.05, 3.63) is 20.8 Å². The predicted octanol–water partition coefficient (Wildman–Crippen LogP) is -1.53. The largest absolute Gasteiger partial charge is 0.480 e. The van der Waals surface area contributed by atoms with E-state index in [-0.39, 0.29) is 23.7 Å². The van der Waals surface area contributed by atoms with Crippen LogP contribution in [0.3, 0.4) is 0 Å². The molecule has 102 valence electrons. The van der Waals surface area contributed by atoms with Crippen molar-refractivity contribution in [2.24, 2.45) is 21.1 Å². The fourth-order valence-corrected chi connectivity index (χ4v) is 1.83. The van der Waals surface area contributed by atoms with Gasteiger partial charge in [-0.25, -0.2) is 4.79 Å². The Morgan fingerprint density at radius 3 is 2.42 bits per heavy atom. The van der Waals surface area contributed by atoms with Crippen LogP contribution in [-0.4, -0.2) is 36.3 Å². The lowest BCUT2D eigenvalue weighted by Crippen LogP contribution is -2.37. The smallest absolute Gasteiger partial charge is 0.332 e. The summed E-state index contributed by atoms with van der Waals surface area (Å²) in [5.41, 5.74) is -0.516. The summed E-state index contributed by atoms with van der Waals surface area (Å²) in [6, 6.07) is 0. The van der Waals surface area contributed by atoms with Gasteiger partial charge in [0.2, 0.25) is 5.95 Å². The van der Waals surface area contributed by atoms with Crippen LogP contribution in [0.15, 0.2) is 9.59 Å². The number of imidazole rings is 1. The van der Waals surface area contributed by atoms with Gasteiger partial charge in [-0.2, -0.15) is 4.98 Å². The predicted molar refractivity (Wildman–Crippen MR) is 67.3 cm³/mol. The molecule has 0 aliphatic heterocycles. The van der Waals surface area contributed by atoms with Gasteiger partial charge in [0.05, 0.1) is 0 Å². The number of rotatable bonds is 3. The molecule has 0 aliphatic rings. The van der Waals surface area contributed by atoms with Crippen LogP contribution in [0, 0.1) is 0 Å². The highest BCUT2D eigenvalue weighted by Crippen LogP contribution is 2.12. The van der Waals surface area contributed by atoms with E-state index in [9.17, 15) is 14.4 Å². The van der Waals surface area contributed by atoms with E-state index in [1.54, 1.807) is 7.05 Å². The van der Waals surface area contributed by atoms with Crippen LogP contribution in [0.4, 0.5) is 5.95 Å². The minimum atomic E-state index is -1.05. The molecule has 2 heterocycles. The first kappa shape index (κ1) is 12.9. The molecule has 2 aromatic rings. The SMILES string of the molecule is Cn1c(=O)c2c(nc(NCC(=O)O)n2C)n(C)c1=O. The molecule has 0 fully saturated rings. The molecule has 9 nitrogen and oxygen atoms in total. The van der Waals surface area contributed by atoms with Crippen molar-refractivity contribution >= 4 is 23.1 Å². The van der Waals surface area contributed by atoms with Gasteiger partial charge in [0.15, 0.2) is 11.2 Å². The molecule has 0 radical (unpaired) electrons. The number of hydrogen-bond donors (Lipinski definition) is 2. The number of fused-ring (bicyclic) bond motifs is 1. The maximum atomic E-state index is 12.0. The van der Waals surface area contributed by atoms with Gasteiger partial charge >= 0.3 is 11.7 Å². The van der Waals surface area contributed by atoms with E-state index in [2.05, 4.69) is 10.3 Å². The number of carboxylic acid groups (broad SMARTS) is 1. The first-order chi connectivity index (χ1) is 8.84. The Morgan fingerprint density at radius 2 is 1.84 bits per heavy atom. The lowest BCUT2D eigenvalue weighted by molar-refractivity contribution is -0.134. The normalized spacial score (nSPS) is 10.9. The summed E-state index contributed by atoms with van der Waals surface area (Å²) in [5.74, 6) is -0.829. The molecule has 0 aliphatic carbocycles. The highest BCUT2D eigenvalue weighted by atomic mass is 16.4. The summed E-state index contributed by atoms with van der Waals surface area (Å²) < 4.78 is 3.65. The van der Waals surface area contributed by atoms with Gasteiger partial charge < -0.3 is 15.0 Å². The molecule has 2 N–H and O–H groups in total. The van der Waals surface area contributed by atoms with E-state index in [1.165, 1.54) is 23.2 Å². The summed E-state index contributed by atoms with van der Waals surface area (Å²) in [5, 5.41) is 11.2. The highest BCUT2D eigenvalue weighted by Gasteiger charge is 2.16. The number of nitrogens with one attached hydrogen (secondary N) is 1. The zero-order chi connectivity index (χ0) is 14.3. The van der Waals surface area contributed by atoms with Gasteiger partial charge in [-0.1, -0.05) is 0 Å². The quantitative estimate of drug-likeness (QED) is 0.697. The van der Waals surface area contributed by atoms with E-state index >= 15 is 0 Å². The minimum absolute atomic E-state index is 0.212. The van der Waals surface area contributed by atoms with Crippen molar-refractivity contribution < 1.29 is 9.90 Å². The van der Waals surface area contributed by atoms with Gasteiger partial charge in [-0.05, 0) is 0 Å². The minimum Gasteiger partial charge on any atom is -0.480 e. The van der Waals surface area contributed by atoms with Crippen LogP contribution in [0.2, 0.25) is 0 Å². The van der Waals surface area contributed by atoms with E-state index in [4.69, 9.17) is 5.11 Å². The molecule has 9 heteroatoms. The van der Waals surface area contributed by atoms with Crippen molar-refractivity contribution in [3.63, 3.8) is 0 Å². The fourth-order valence-electron chi connectivity index (χ4n) is 1.83. The first-order valence-corrected chi connectivity index (χ1v) is 5.42. The van der Waals surface area contributed by atoms with Crippen molar-refractivity contribution in [2.45, 2.75) is 0 Å². The van der Waals surface area contributed by atoms with Gasteiger partial charge in [0.1, 0.15) is 6.54 Å². The molecule has 0 atom stereocenters. The zero-order valence-corrected chi connectivity index (χ0v) is 10.7. The number of aromatic nitrogens is 4. The Morgan fingerprint density at radius 1 is 1.21 bits per heavy atom. The zero-order valence-electron chi connectivity index (χ0n) is 10.7. The van der Waals surface area contributed by atoms with E-state index in [0.717, 1.165) is 4.57 Å². The van der Waals surface area contributed by atoms with Crippen molar-refractivity contribution in [3.8, 4) is 0 Å². The Bertz CT molecular complexity index is 782. The third-order valence-corrected chi connectivity index (χ3v) is 2.87. The van der Waals surface area contributed by atoms with Gasteiger partial charge in [0.25, 0.3) is 5.56 Å². The maximum Gasteiger partial charge on any atom is 0.332 e. The molecule has 0 saturated heterocycles. The number of hydrogen-bond acceptors (Lipinski definition) is 5. The average Bonchev–Trinajstić information content (AvgIpc) is 2.69. The van der Waals surface area contributed by atoms with Crippen molar-refractivity contribution in [1.82, 2.24) is 18.7 Å². The molecule has 2 aromatic heterocycles. The Kier molecular flexibility index (Phi) is 2.89. The van der Waals surface area contributed by atoms with Crippen LogP contribution in [0.25, 0.3) is 11.2 Å². The van der Waals surface area contributed by atoms with Crippen LogP contribution in [-0.2, 0) is 25.9 Å². The lowest BCUT2D eigenvalue weighted by Gasteiger charge is -2.03. The van der Waals surface area contributed by atoms with Crippen LogP contribution in [0.1, 0.15) is 0 Å². The maximum absolute atomic E-state index is 12.0. The Hall–Kier alpha value is -2.58. The third-order valence-electron chi connectivity index (χ3n) is 2.87. The summed E-state index contributed by atoms with van der Waals surface area (Å²) >= 11 is 0. The average molecular weight is 267 g/mol. The molecule has 0 amide bonds. The molecule has 0 saturated carbocycles. The number of aryl methyl sites for hydroxylation is 2. The number of carboxylic acids is 1. The summed E-state index contributed by atoms with van der Waals surface area (Å²) in [6.45, 7) is -0.328. The summed E-state index contributed by atoms with van der Waals surface area (Å²) in [7, 11) is 4.45. The summed E-state index contributed by atoms with van der Waals surface area (Å²) in [4.78, 5) is 38.4. The van der Waals surface area contributed by atoms with E-state index < -0.39 is 17.2 Å². The first-order valence-electron chi connectivity index (χ1n) is 5.42. The monoisotopic (exact) mass is 267 g/mol. The molecular weight excluding hydrogens is 254 g/mol. The van der Waals surface area contributed by atoms with E-state index in [0.29, 0.717) is 0 Å². The molecule has 0 spiro atoms. The third kappa shape index (κ3) is 1.88. The number of carbonyl (C=O) groups is 1. The molecule has 0 bridgehead atoms. The summed E-state index contributed by atoms with van der Waals surface area (Å²) in [6.07, 6.45) is 0. The van der Waals surface area contributed by atoms with E-state index in [1.807, 2.05) is 0 Å². The van der Waals surface area contributed by atoms with Crippen LogP contribution < -0.4 is 16.6 Å². The standard InChI is InChI=1S/C10H13N5O4/c1-13-6-7(12-9(13)11-4-5(16)17)14(2)10(19)15(3)8(6)18/h4H2,1-3H3,(H,11,12)(H,16,17). The number of nitrogens with zero attached hydrogens (tertiary/aromatic N) is 4. The molecule has 19 heavy (non-hydrogen) atoms. The lowest BCUT2D eigenvalue weighted by atomic mass is 10.5. The Balaban J connectivity index is 2.74. The topological polar surface area (TPSA) is 111 Å². The molecule has 2 rings (SSSR count). The molecule has 0 aromatic carbocycles. The second-order valence-corrected chi connectivity index (χ2v) is 4.12. The molecule has 0 unspecified atom stereocenters.